The van der Waals surface area contributed by atoms with E-state index in [9.17, 15) is 13.2 Å². The number of nitrogens with one attached hydrogen (secondary N) is 1. The third-order valence-electron chi connectivity index (χ3n) is 3.80. The van der Waals surface area contributed by atoms with Crippen LogP contribution in [0.15, 0.2) is 4.99 Å². The Bertz CT molecular complexity index is 347. The highest BCUT2D eigenvalue weighted by Crippen LogP contribution is 2.25. The van der Waals surface area contributed by atoms with Crippen molar-refractivity contribution in [3.8, 4) is 0 Å². The Kier molecular flexibility index (Phi) is 10.1. The molecule has 4 nitrogen and oxygen atoms in total. The fourth-order valence-corrected chi connectivity index (χ4v) is 2.43. The van der Waals surface area contributed by atoms with Gasteiger partial charge in [-0.05, 0) is 13.2 Å². The predicted octanol–water partition coefficient (Wildman–Crippen LogP) is 2.50. The lowest BCUT2D eigenvalue weighted by Gasteiger charge is -2.39. The Morgan fingerprint density at radius 2 is 1.77 bits per heavy atom. The van der Waals surface area contributed by atoms with Gasteiger partial charge < -0.3 is 10.2 Å². The highest BCUT2D eigenvalue weighted by molar-refractivity contribution is 14.0. The van der Waals surface area contributed by atoms with Gasteiger partial charge in [0.1, 0.15) is 6.04 Å². The molecule has 0 bridgehead atoms. The third-order valence-corrected chi connectivity index (χ3v) is 4.77. The van der Waals surface area contributed by atoms with Crippen molar-refractivity contribution in [2.45, 2.75) is 31.3 Å². The molecule has 0 aromatic rings. The van der Waals surface area contributed by atoms with Crippen molar-refractivity contribution in [1.29, 1.82) is 0 Å². The maximum Gasteiger partial charge on any atom is 0.403 e. The van der Waals surface area contributed by atoms with Crippen LogP contribution in [-0.4, -0.2) is 79.3 Å². The van der Waals surface area contributed by atoms with Gasteiger partial charge >= 0.3 is 6.18 Å². The molecule has 22 heavy (non-hydrogen) atoms. The summed E-state index contributed by atoms with van der Waals surface area (Å²) in [7, 11) is 1.71. The Balaban J connectivity index is 0.00000441. The second kappa shape index (κ2) is 10.1. The zero-order valence-corrected chi connectivity index (χ0v) is 16.6. The largest absolute Gasteiger partial charge is 0.403 e. The minimum atomic E-state index is -4.16. The zero-order valence-electron chi connectivity index (χ0n) is 13.5. The summed E-state index contributed by atoms with van der Waals surface area (Å²) in [4.78, 5) is 7.72. The van der Waals surface area contributed by atoms with Gasteiger partial charge in [-0.25, -0.2) is 0 Å². The van der Waals surface area contributed by atoms with E-state index in [0.717, 1.165) is 12.5 Å². The molecule has 132 valence electrons. The molecule has 1 aliphatic rings. The van der Waals surface area contributed by atoms with Gasteiger partial charge in [-0.15, -0.1) is 24.0 Å². The predicted molar refractivity (Wildman–Crippen MR) is 98.4 cm³/mol. The van der Waals surface area contributed by atoms with E-state index in [2.05, 4.69) is 17.2 Å². The van der Waals surface area contributed by atoms with E-state index >= 15 is 0 Å². The summed E-state index contributed by atoms with van der Waals surface area (Å²) >= 11 is 1.76. The van der Waals surface area contributed by atoms with Gasteiger partial charge in [-0.3, -0.25) is 9.89 Å². The second-order valence-electron chi connectivity index (χ2n) is 5.22. The molecule has 0 spiro atoms. The summed E-state index contributed by atoms with van der Waals surface area (Å²) in [5.41, 5.74) is 0. The van der Waals surface area contributed by atoms with Crippen molar-refractivity contribution in [1.82, 2.24) is 15.1 Å². The van der Waals surface area contributed by atoms with Crippen LogP contribution in [-0.2, 0) is 0 Å². The third kappa shape index (κ3) is 6.69. The van der Waals surface area contributed by atoms with Crippen molar-refractivity contribution >= 4 is 41.7 Å². The van der Waals surface area contributed by atoms with E-state index < -0.39 is 12.2 Å². The lowest BCUT2D eigenvalue weighted by Crippen LogP contribution is -2.57. The Morgan fingerprint density at radius 3 is 2.18 bits per heavy atom. The first-order valence-corrected chi connectivity index (χ1v) is 8.37. The molecule has 9 heteroatoms. The molecule has 0 aromatic carbocycles. The molecule has 2 unspecified atom stereocenters. The summed E-state index contributed by atoms with van der Waals surface area (Å²) < 4.78 is 38.1. The molecule has 0 saturated carbocycles. The number of hydrogen-bond donors (Lipinski definition) is 1. The first-order chi connectivity index (χ1) is 9.79. The number of guanidine groups is 1. The highest BCUT2D eigenvalue weighted by Gasteiger charge is 2.41. The molecular formula is C13H26F3IN4S. The van der Waals surface area contributed by atoms with Gasteiger partial charge in [0.15, 0.2) is 5.96 Å². The number of rotatable bonds is 4. The molecule has 1 rings (SSSR count). The van der Waals surface area contributed by atoms with E-state index in [-0.39, 0.29) is 24.0 Å². The number of hydrogen-bond acceptors (Lipinski definition) is 3. The van der Waals surface area contributed by atoms with Crippen LogP contribution < -0.4 is 5.32 Å². The van der Waals surface area contributed by atoms with Crippen molar-refractivity contribution < 1.29 is 13.2 Å². The van der Waals surface area contributed by atoms with E-state index in [1.54, 1.807) is 18.8 Å². The topological polar surface area (TPSA) is 30.9 Å². The first kappa shape index (κ1) is 22.1. The summed E-state index contributed by atoms with van der Waals surface area (Å²) in [6, 6.07) is -1.38. The average molecular weight is 454 g/mol. The maximum absolute atomic E-state index is 12.7. The summed E-state index contributed by atoms with van der Waals surface area (Å²) in [6.07, 6.45) is -2.11. The molecule has 0 radical (unpaired) electrons. The number of alkyl halides is 3. The fourth-order valence-electron chi connectivity index (χ4n) is 2.18. The number of nitrogens with zero attached hydrogens (tertiary/aromatic N) is 3. The van der Waals surface area contributed by atoms with Crippen LogP contribution in [0.25, 0.3) is 0 Å². The zero-order chi connectivity index (χ0) is 16.0. The van der Waals surface area contributed by atoms with Crippen molar-refractivity contribution in [2.24, 2.45) is 4.99 Å². The monoisotopic (exact) mass is 454 g/mol. The van der Waals surface area contributed by atoms with Crippen LogP contribution in [0.1, 0.15) is 13.8 Å². The number of halogens is 4. The Labute approximate surface area is 152 Å². The lowest BCUT2D eigenvalue weighted by molar-refractivity contribution is -0.181. The van der Waals surface area contributed by atoms with Gasteiger partial charge in [0, 0.05) is 45.0 Å². The molecular weight excluding hydrogens is 428 g/mol. The molecule has 0 aromatic heterocycles. The lowest BCUT2D eigenvalue weighted by atomic mass is 10.2. The van der Waals surface area contributed by atoms with Crippen LogP contribution in [0.4, 0.5) is 13.2 Å². The first-order valence-electron chi connectivity index (χ1n) is 7.08. The van der Waals surface area contributed by atoms with Crippen molar-refractivity contribution in [2.75, 3.05) is 46.0 Å². The van der Waals surface area contributed by atoms with Gasteiger partial charge in [0.2, 0.25) is 0 Å². The molecule has 1 N–H and O–H groups in total. The summed E-state index contributed by atoms with van der Waals surface area (Å²) in [5, 5.41) is 3.74. The standard InChI is InChI=1S/C13H25F3N4S.HI/c1-10(21-4)9-18-12(17-3)20-7-5-19(6-8-20)11(2)13(14,15)16;/h10-11H,5-9H2,1-4H3,(H,17,18);1H. The fraction of sp³-hybridized carbons (Fsp3) is 0.923. The summed E-state index contributed by atoms with van der Waals surface area (Å²) in [5.74, 6) is 0.773. The molecule has 1 saturated heterocycles. The average Bonchev–Trinajstić information content (AvgIpc) is 2.46. The van der Waals surface area contributed by atoms with Gasteiger partial charge in [0.25, 0.3) is 0 Å². The van der Waals surface area contributed by atoms with Gasteiger partial charge in [-0.1, -0.05) is 6.92 Å². The SMILES string of the molecule is CN=C(NCC(C)SC)N1CCN(C(C)C(F)(F)F)CC1.I. The number of aliphatic imine (C=N–C) groups is 1. The number of piperazine rings is 1. The summed E-state index contributed by atoms with van der Waals surface area (Å²) in [6.45, 7) is 6.07. The van der Waals surface area contributed by atoms with E-state index in [0.29, 0.717) is 31.4 Å². The van der Waals surface area contributed by atoms with Crippen molar-refractivity contribution in [3.63, 3.8) is 0 Å². The minimum absolute atomic E-state index is 0. The highest BCUT2D eigenvalue weighted by atomic mass is 127. The van der Waals surface area contributed by atoms with Crippen LogP contribution in [0, 0.1) is 0 Å². The quantitative estimate of drug-likeness (QED) is 0.402. The van der Waals surface area contributed by atoms with Gasteiger partial charge in [-0.2, -0.15) is 24.9 Å². The Morgan fingerprint density at radius 1 is 1.23 bits per heavy atom. The van der Waals surface area contributed by atoms with Crippen molar-refractivity contribution in [3.05, 3.63) is 0 Å². The van der Waals surface area contributed by atoms with Crippen LogP contribution >= 0.6 is 35.7 Å². The van der Waals surface area contributed by atoms with E-state index in [4.69, 9.17) is 0 Å². The van der Waals surface area contributed by atoms with Crippen LogP contribution in [0.3, 0.4) is 0 Å². The molecule has 1 aliphatic heterocycles. The molecule has 0 amide bonds. The van der Waals surface area contributed by atoms with Crippen LogP contribution in [0.2, 0.25) is 0 Å². The normalized spacial score (nSPS) is 20.3. The molecule has 0 aliphatic carbocycles. The molecule has 2 atom stereocenters. The van der Waals surface area contributed by atoms with Crippen LogP contribution in [0.5, 0.6) is 0 Å². The smallest absolute Gasteiger partial charge is 0.355 e. The maximum atomic E-state index is 12.7. The van der Waals surface area contributed by atoms with E-state index in [1.807, 2.05) is 11.2 Å². The van der Waals surface area contributed by atoms with E-state index in [1.165, 1.54) is 11.8 Å². The Hall–Kier alpha value is 0.1000. The number of thioether (sulfide) groups is 1. The molecule has 1 fully saturated rings. The molecule has 1 heterocycles. The second-order valence-corrected chi connectivity index (χ2v) is 6.49. The van der Waals surface area contributed by atoms with Gasteiger partial charge in [0.05, 0.1) is 0 Å². The minimum Gasteiger partial charge on any atom is -0.355 e.